The van der Waals surface area contributed by atoms with Gasteiger partial charge in [-0.2, -0.15) is 0 Å². The van der Waals surface area contributed by atoms with Crippen molar-refractivity contribution in [3.63, 3.8) is 0 Å². The summed E-state index contributed by atoms with van der Waals surface area (Å²) in [7, 11) is -3.49. The molecule has 0 N–H and O–H groups in total. The van der Waals surface area contributed by atoms with Gasteiger partial charge < -0.3 is 0 Å². The summed E-state index contributed by atoms with van der Waals surface area (Å²) in [5.41, 5.74) is 2.11. The Morgan fingerprint density at radius 2 is 1.95 bits per heavy atom. The van der Waals surface area contributed by atoms with Crippen LogP contribution < -0.4 is 0 Å². The molecule has 0 radical (unpaired) electrons. The lowest BCUT2D eigenvalue weighted by atomic mass is 10.2. The number of halogens is 1. The lowest BCUT2D eigenvalue weighted by Gasteiger charge is -2.07. The molecule has 0 aliphatic carbocycles. The normalized spacial score (nSPS) is 11.9. The first kappa shape index (κ1) is 14.3. The highest BCUT2D eigenvalue weighted by Gasteiger charge is 2.19. The van der Waals surface area contributed by atoms with E-state index in [1.807, 2.05) is 31.2 Å². The summed E-state index contributed by atoms with van der Waals surface area (Å²) in [6, 6.07) is 11.0. The molecule has 6 heteroatoms. The third-order valence-corrected chi connectivity index (χ3v) is 5.28. The summed E-state index contributed by atoms with van der Waals surface area (Å²) in [4.78, 5) is 4.25. The van der Waals surface area contributed by atoms with Crippen LogP contribution in [0.25, 0.3) is 11.0 Å². The highest BCUT2D eigenvalue weighted by atomic mass is 79.9. The Kier molecular flexibility index (Phi) is 3.59. The second-order valence-electron chi connectivity index (χ2n) is 4.87. The topological polar surface area (TPSA) is 52.0 Å². The Morgan fingerprint density at radius 1 is 1.24 bits per heavy atom. The summed E-state index contributed by atoms with van der Waals surface area (Å²) >= 11 is 3.36. The van der Waals surface area contributed by atoms with Crippen LogP contribution in [0.5, 0.6) is 0 Å². The van der Waals surface area contributed by atoms with E-state index in [2.05, 4.69) is 20.9 Å². The van der Waals surface area contributed by atoms with Gasteiger partial charge in [0.25, 0.3) is 0 Å². The maximum Gasteiger partial charge on any atom is 0.244 e. The largest absolute Gasteiger partial charge is 0.244 e. The second kappa shape index (κ2) is 5.27. The molecule has 1 aromatic carbocycles. The van der Waals surface area contributed by atoms with E-state index >= 15 is 0 Å². The fourth-order valence-corrected chi connectivity index (χ4v) is 4.08. The van der Waals surface area contributed by atoms with Crippen LogP contribution in [0.3, 0.4) is 0 Å². The van der Waals surface area contributed by atoms with E-state index in [0.717, 1.165) is 21.0 Å². The predicted octanol–water partition coefficient (Wildman–Crippen LogP) is 3.49. The fraction of sp³-hybridized carbons (Fsp3) is 0.133. The Balaban J connectivity index is 2.11. The second-order valence-corrected chi connectivity index (χ2v) is 7.64. The maximum atomic E-state index is 12.6. The van der Waals surface area contributed by atoms with Crippen molar-refractivity contribution in [2.45, 2.75) is 12.7 Å². The van der Waals surface area contributed by atoms with Gasteiger partial charge in [-0.1, -0.05) is 30.3 Å². The van der Waals surface area contributed by atoms with Gasteiger partial charge in [0.05, 0.1) is 5.75 Å². The molecule has 0 aliphatic rings. The fourth-order valence-electron chi connectivity index (χ4n) is 2.27. The quantitative estimate of drug-likeness (QED) is 0.714. The molecule has 3 rings (SSSR count). The first-order valence-electron chi connectivity index (χ1n) is 6.38. The van der Waals surface area contributed by atoms with E-state index < -0.39 is 10.0 Å². The number of hydrogen-bond donors (Lipinski definition) is 0. The minimum atomic E-state index is -3.49. The summed E-state index contributed by atoms with van der Waals surface area (Å²) in [5.74, 6) is -0.0468. The molecule has 0 bridgehead atoms. The SMILES string of the molecule is Cc1cn(S(=O)(=O)Cc2ccccc2)c2ncc(Br)cc12. The van der Waals surface area contributed by atoms with E-state index in [9.17, 15) is 8.42 Å². The molecule has 0 spiro atoms. The average Bonchev–Trinajstić information content (AvgIpc) is 2.77. The third kappa shape index (κ3) is 2.73. The Labute approximate surface area is 131 Å². The molecule has 0 aliphatic heterocycles. The molecule has 0 fully saturated rings. The Hall–Kier alpha value is -1.66. The van der Waals surface area contributed by atoms with E-state index in [1.54, 1.807) is 24.5 Å². The zero-order valence-corrected chi connectivity index (χ0v) is 13.7. The van der Waals surface area contributed by atoms with Gasteiger partial charge in [-0.05, 0) is 40.0 Å². The van der Waals surface area contributed by atoms with Crippen molar-refractivity contribution in [1.29, 1.82) is 0 Å². The van der Waals surface area contributed by atoms with E-state index in [-0.39, 0.29) is 5.75 Å². The van der Waals surface area contributed by atoms with Crippen molar-refractivity contribution < 1.29 is 8.42 Å². The number of pyridine rings is 1. The molecular formula is C15H13BrN2O2S. The van der Waals surface area contributed by atoms with Gasteiger partial charge in [0.1, 0.15) is 0 Å². The van der Waals surface area contributed by atoms with Gasteiger partial charge in [-0.15, -0.1) is 0 Å². The minimum absolute atomic E-state index is 0.0468. The molecule has 0 saturated heterocycles. The molecule has 3 aromatic rings. The van der Waals surface area contributed by atoms with Gasteiger partial charge in [-0.25, -0.2) is 17.4 Å². The van der Waals surface area contributed by atoms with Gasteiger partial charge in [-0.3, -0.25) is 0 Å². The summed E-state index contributed by atoms with van der Waals surface area (Å²) in [5, 5.41) is 0.834. The molecule has 0 amide bonds. The molecule has 0 atom stereocenters. The van der Waals surface area contributed by atoms with Crippen LogP contribution >= 0.6 is 15.9 Å². The third-order valence-electron chi connectivity index (χ3n) is 3.27. The van der Waals surface area contributed by atoms with Crippen molar-refractivity contribution in [2.24, 2.45) is 0 Å². The van der Waals surface area contributed by atoms with E-state index in [4.69, 9.17) is 0 Å². The average molecular weight is 365 g/mol. The molecule has 21 heavy (non-hydrogen) atoms. The zero-order valence-electron chi connectivity index (χ0n) is 11.3. The van der Waals surface area contributed by atoms with E-state index in [1.165, 1.54) is 3.97 Å². The van der Waals surface area contributed by atoms with Crippen molar-refractivity contribution in [3.8, 4) is 0 Å². The Bertz CT molecular complexity index is 902. The van der Waals surface area contributed by atoms with Gasteiger partial charge in [0.2, 0.25) is 10.0 Å². The summed E-state index contributed by atoms with van der Waals surface area (Å²) in [6.07, 6.45) is 3.23. The monoisotopic (exact) mass is 364 g/mol. The number of nitrogens with zero attached hydrogens (tertiary/aromatic N) is 2. The molecule has 0 unspecified atom stereocenters. The van der Waals surface area contributed by atoms with Crippen LogP contribution in [0.4, 0.5) is 0 Å². The number of aromatic nitrogens is 2. The highest BCUT2D eigenvalue weighted by Crippen LogP contribution is 2.24. The van der Waals surface area contributed by atoms with Crippen LogP contribution in [0.1, 0.15) is 11.1 Å². The van der Waals surface area contributed by atoms with Gasteiger partial charge in [0, 0.05) is 22.3 Å². The molecule has 108 valence electrons. The number of rotatable bonds is 3. The smallest absolute Gasteiger partial charge is 0.236 e. The van der Waals surface area contributed by atoms with Crippen molar-refractivity contribution in [1.82, 2.24) is 8.96 Å². The van der Waals surface area contributed by atoms with Crippen LogP contribution in [0, 0.1) is 6.92 Å². The number of fused-ring (bicyclic) bond motifs is 1. The molecule has 0 saturated carbocycles. The molecular weight excluding hydrogens is 352 g/mol. The van der Waals surface area contributed by atoms with E-state index in [0.29, 0.717) is 5.65 Å². The minimum Gasteiger partial charge on any atom is -0.236 e. The number of benzene rings is 1. The van der Waals surface area contributed by atoms with Crippen LogP contribution in [0.2, 0.25) is 0 Å². The van der Waals surface area contributed by atoms with Crippen molar-refractivity contribution in [3.05, 3.63) is 64.4 Å². The van der Waals surface area contributed by atoms with Crippen LogP contribution in [-0.4, -0.2) is 17.4 Å². The highest BCUT2D eigenvalue weighted by molar-refractivity contribution is 9.10. The lowest BCUT2D eigenvalue weighted by Crippen LogP contribution is -2.14. The molecule has 4 nitrogen and oxygen atoms in total. The summed E-state index contributed by atoms with van der Waals surface area (Å²) in [6.45, 7) is 1.88. The van der Waals surface area contributed by atoms with Crippen LogP contribution in [-0.2, 0) is 15.8 Å². The summed E-state index contributed by atoms with van der Waals surface area (Å²) < 4.78 is 27.4. The number of aryl methyl sites for hydroxylation is 1. The van der Waals surface area contributed by atoms with Crippen molar-refractivity contribution in [2.75, 3.05) is 0 Å². The van der Waals surface area contributed by atoms with Crippen LogP contribution in [0.15, 0.2) is 53.3 Å². The lowest BCUT2D eigenvalue weighted by molar-refractivity contribution is 0.588. The zero-order chi connectivity index (χ0) is 15.0. The number of hydrogen-bond acceptors (Lipinski definition) is 3. The Morgan fingerprint density at radius 3 is 2.67 bits per heavy atom. The van der Waals surface area contributed by atoms with Gasteiger partial charge in [0.15, 0.2) is 5.65 Å². The molecule has 2 aromatic heterocycles. The van der Waals surface area contributed by atoms with Gasteiger partial charge >= 0.3 is 0 Å². The maximum absolute atomic E-state index is 12.6. The molecule has 2 heterocycles. The first-order chi connectivity index (χ1) is 9.97. The van der Waals surface area contributed by atoms with Crippen molar-refractivity contribution >= 4 is 37.0 Å². The standard InChI is InChI=1S/C15H13BrN2O2S/c1-11-9-18(15-14(11)7-13(16)8-17-15)21(19,20)10-12-5-3-2-4-6-12/h2-9H,10H2,1H3. The first-order valence-corrected chi connectivity index (χ1v) is 8.78. The predicted molar refractivity (Wildman–Crippen MR) is 86.6 cm³/mol.